The quantitative estimate of drug-likeness (QED) is 0.412. The summed E-state index contributed by atoms with van der Waals surface area (Å²) >= 11 is 7.14. The maximum atomic E-state index is 12.5. The van der Waals surface area contributed by atoms with E-state index in [4.69, 9.17) is 17.3 Å². The zero-order chi connectivity index (χ0) is 15.1. The van der Waals surface area contributed by atoms with Crippen LogP contribution in [-0.2, 0) is 4.79 Å². The third kappa shape index (κ3) is 2.68. The molecule has 2 aromatic rings. The first-order valence-corrected chi connectivity index (χ1v) is 7.15. The first-order valence-electron chi connectivity index (χ1n) is 5.89. The van der Waals surface area contributed by atoms with E-state index in [1.807, 2.05) is 0 Å². The Labute approximate surface area is 157 Å². The van der Waals surface area contributed by atoms with E-state index < -0.39 is 17.7 Å². The molecular weight excluding hydrogens is 335 g/mol. The fraction of sp³-hybridized carbons (Fsp3) is 0. The van der Waals surface area contributed by atoms with E-state index in [-0.39, 0.29) is 40.8 Å². The number of nitrogens with two attached hydrogens (primary N) is 1. The monoisotopic (exact) mass is 342 g/mol. The van der Waals surface area contributed by atoms with Crippen LogP contribution < -0.4 is 45.3 Å². The predicted octanol–water partition coefficient (Wildman–Crippen LogP) is -0.941. The average Bonchev–Trinajstić information content (AvgIpc) is 3.03. The summed E-state index contributed by atoms with van der Waals surface area (Å²) in [5.41, 5.74) is 5.74. The summed E-state index contributed by atoms with van der Waals surface area (Å²) in [6.45, 7) is 0. The molecule has 8 heteroatoms. The number of carbonyl (C=O) groups is 2. The van der Waals surface area contributed by atoms with Gasteiger partial charge in [-0.05, 0) is 29.6 Å². The van der Waals surface area contributed by atoms with Gasteiger partial charge in [0.15, 0.2) is 0 Å². The number of rotatable bonds is 1. The van der Waals surface area contributed by atoms with Crippen LogP contribution in [0.25, 0.3) is 11.3 Å². The molecule has 0 fully saturated rings. The Morgan fingerprint density at radius 3 is 2.64 bits per heavy atom. The summed E-state index contributed by atoms with van der Waals surface area (Å²) in [4.78, 5) is 25.1. The molecule has 0 saturated heterocycles. The van der Waals surface area contributed by atoms with Crippen LogP contribution in [0.3, 0.4) is 0 Å². The number of urea groups is 1. The van der Waals surface area contributed by atoms with Gasteiger partial charge in [-0.15, -0.1) is 11.3 Å². The molecule has 1 aromatic heterocycles. The number of amides is 3. The van der Waals surface area contributed by atoms with Crippen molar-refractivity contribution in [1.82, 2.24) is 0 Å². The number of halogens is 1. The van der Waals surface area contributed by atoms with Gasteiger partial charge in [-0.3, -0.25) is 4.79 Å². The summed E-state index contributed by atoms with van der Waals surface area (Å²) in [5, 5.41) is 14.6. The Balaban J connectivity index is 0.00000176. The maximum Gasteiger partial charge on any atom is 1.00 e. The number of hydrogen-bond donors (Lipinski definition) is 1. The summed E-state index contributed by atoms with van der Waals surface area (Å²) < 4.78 is 0. The van der Waals surface area contributed by atoms with E-state index in [2.05, 4.69) is 0 Å². The second-order valence-electron chi connectivity index (χ2n) is 4.32. The van der Waals surface area contributed by atoms with Crippen molar-refractivity contribution < 1.29 is 44.3 Å². The number of hydrogen-bond acceptors (Lipinski definition) is 4. The Morgan fingerprint density at radius 1 is 1.32 bits per heavy atom. The van der Waals surface area contributed by atoms with Gasteiger partial charge in [-0.2, -0.15) is 0 Å². The van der Waals surface area contributed by atoms with E-state index in [1.165, 1.54) is 29.5 Å². The molecule has 1 aliphatic heterocycles. The number of primary amides is 1. The summed E-state index contributed by atoms with van der Waals surface area (Å²) in [6, 6.07) is 6.90. The molecule has 1 aliphatic rings. The maximum absolute atomic E-state index is 12.5. The van der Waals surface area contributed by atoms with Gasteiger partial charge >= 0.3 is 35.6 Å². The van der Waals surface area contributed by atoms with Gasteiger partial charge in [-0.1, -0.05) is 23.4 Å². The SMILES string of the molecule is NC(=O)N1C(=O)C(=C([O-])c2cccs2)c2cc(Cl)ccc21.[Na+]. The summed E-state index contributed by atoms with van der Waals surface area (Å²) in [5.74, 6) is -1.17. The van der Waals surface area contributed by atoms with Gasteiger partial charge in [-0.25, -0.2) is 9.69 Å². The third-order valence-electron chi connectivity index (χ3n) is 3.08. The molecule has 0 spiro atoms. The largest absolute Gasteiger partial charge is 1.00 e. The van der Waals surface area contributed by atoms with Gasteiger partial charge in [0.2, 0.25) is 0 Å². The van der Waals surface area contributed by atoms with Crippen molar-refractivity contribution in [2.75, 3.05) is 4.90 Å². The molecule has 0 bridgehead atoms. The van der Waals surface area contributed by atoms with E-state index in [0.29, 0.717) is 15.5 Å². The number of anilines is 1. The fourth-order valence-corrected chi connectivity index (χ4v) is 3.05. The molecule has 106 valence electrons. The molecular formula is C14H8ClN2NaO3S. The Morgan fingerprint density at radius 2 is 2.05 bits per heavy atom. The van der Waals surface area contributed by atoms with Gasteiger partial charge in [0.05, 0.1) is 5.69 Å². The predicted molar refractivity (Wildman–Crippen MR) is 79.7 cm³/mol. The van der Waals surface area contributed by atoms with Crippen molar-refractivity contribution in [2.24, 2.45) is 5.73 Å². The van der Waals surface area contributed by atoms with Crippen LogP contribution in [0.15, 0.2) is 35.7 Å². The fourth-order valence-electron chi connectivity index (χ4n) is 2.21. The van der Waals surface area contributed by atoms with Crippen LogP contribution in [0, 0.1) is 0 Å². The number of imide groups is 1. The molecule has 0 aliphatic carbocycles. The number of carbonyl (C=O) groups excluding carboxylic acids is 2. The molecule has 22 heavy (non-hydrogen) atoms. The Bertz CT molecular complexity index is 789. The Hall–Kier alpha value is -1.31. The molecule has 2 heterocycles. The molecule has 1 aromatic carbocycles. The van der Waals surface area contributed by atoms with Crippen molar-refractivity contribution in [2.45, 2.75) is 0 Å². The normalized spacial score (nSPS) is 15.3. The minimum absolute atomic E-state index is 0. The standard InChI is InChI=1S/C14H9ClN2O3S.Na/c15-7-3-4-9-8(6-7)11(13(19)17(9)14(16)20)12(18)10-2-1-5-21-10;/h1-6,18H,(H2,16,20);/q;+1/p-1. The van der Waals surface area contributed by atoms with Crippen LogP contribution in [0.4, 0.5) is 10.5 Å². The summed E-state index contributed by atoms with van der Waals surface area (Å²) in [6.07, 6.45) is 0. The van der Waals surface area contributed by atoms with Crippen molar-refractivity contribution in [3.8, 4) is 0 Å². The number of fused-ring (bicyclic) bond motifs is 1. The minimum Gasteiger partial charge on any atom is -0.871 e. The second-order valence-corrected chi connectivity index (χ2v) is 5.71. The van der Waals surface area contributed by atoms with Crippen molar-refractivity contribution in [1.29, 1.82) is 0 Å². The molecule has 0 saturated carbocycles. The van der Waals surface area contributed by atoms with Gasteiger partial charge in [0, 0.05) is 21.0 Å². The number of thiophene rings is 1. The second kappa shape index (κ2) is 6.44. The number of benzene rings is 1. The van der Waals surface area contributed by atoms with Crippen molar-refractivity contribution in [3.63, 3.8) is 0 Å². The molecule has 3 amide bonds. The van der Waals surface area contributed by atoms with Gasteiger partial charge in [0.25, 0.3) is 5.91 Å². The van der Waals surface area contributed by atoms with Crippen LogP contribution in [-0.4, -0.2) is 11.9 Å². The topological polar surface area (TPSA) is 86.5 Å². The van der Waals surface area contributed by atoms with Crippen molar-refractivity contribution in [3.05, 3.63) is 51.2 Å². The summed E-state index contributed by atoms with van der Waals surface area (Å²) in [7, 11) is 0. The molecule has 5 nitrogen and oxygen atoms in total. The van der Waals surface area contributed by atoms with E-state index in [0.717, 1.165) is 4.90 Å². The third-order valence-corrected chi connectivity index (χ3v) is 4.18. The molecule has 0 radical (unpaired) electrons. The first kappa shape index (κ1) is 17.1. The molecule has 3 rings (SSSR count). The van der Waals surface area contributed by atoms with E-state index in [1.54, 1.807) is 17.5 Å². The number of nitrogens with zero attached hydrogens (tertiary/aromatic N) is 1. The molecule has 0 unspecified atom stereocenters. The van der Waals surface area contributed by atoms with Gasteiger partial charge in [0.1, 0.15) is 0 Å². The zero-order valence-corrected chi connectivity index (χ0v) is 15.1. The van der Waals surface area contributed by atoms with Crippen molar-refractivity contribution >= 4 is 51.9 Å². The van der Waals surface area contributed by atoms with Gasteiger partial charge < -0.3 is 10.8 Å². The van der Waals surface area contributed by atoms with Crippen LogP contribution in [0.5, 0.6) is 0 Å². The zero-order valence-electron chi connectivity index (χ0n) is 11.5. The van der Waals surface area contributed by atoms with E-state index >= 15 is 0 Å². The van der Waals surface area contributed by atoms with Crippen LogP contribution >= 0.6 is 22.9 Å². The molecule has 2 N–H and O–H groups in total. The first-order chi connectivity index (χ1) is 10.0. The molecule has 0 atom stereocenters. The smallest absolute Gasteiger partial charge is 0.871 e. The van der Waals surface area contributed by atoms with Crippen LogP contribution in [0.2, 0.25) is 5.02 Å². The Kier molecular flexibility index (Phi) is 4.99. The average molecular weight is 343 g/mol. The van der Waals surface area contributed by atoms with Crippen LogP contribution in [0.1, 0.15) is 10.4 Å². The van der Waals surface area contributed by atoms with E-state index in [9.17, 15) is 14.7 Å². The minimum atomic E-state index is -0.933.